The van der Waals surface area contributed by atoms with E-state index in [-0.39, 0.29) is 0 Å². The fraction of sp³-hybridized carbons (Fsp3) is 0.462. The highest BCUT2D eigenvalue weighted by Crippen LogP contribution is 2.28. The van der Waals surface area contributed by atoms with E-state index < -0.39 is 0 Å². The van der Waals surface area contributed by atoms with Gasteiger partial charge in [0.05, 0.1) is 5.69 Å². The fourth-order valence-corrected chi connectivity index (χ4v) is 2.34. The third-order valence-electron chi connectivity index (χ3n) is 3.18. The molecular formula is C13H18N2. The minimum absolute atomic E-state index is 0.604. The molecule has 0 bridgehead atoms. The van der Waals surface area contributed by atoms with Gasteiger partial charge in [-0.15, -0.1) is 0 Å². The molecule has 1 saturated heterocycles. The van der Waals surface area contributed by atoms with Crippen molar-refractivity contribution in [2.45, 2.75) is 38.8 Å². The first kappa shape index (κ1) is 10.2. The maximum absolute atomic E-state index is 4.58. The molecule has 2 rings (SSSR count). The van der Waals surface area contributed by atoms with Crippen LogP contribution in [-0.2, 0) is 0 Å². The van der Waals surface area contributed by atoms with Gasteiger partial charge >= 0.3 is 0 Å². The number of aromatic nitrogens is 1. The molecule has 2 heterocycles. The van der Waals surface area contributed by atoms with Gasteiger partial charge in [-0.05, 0) is 44.9 Å². The first-order valence-corrected chi connectivity index (χ1v) is 5.60. The van der Waals surface area contributed by atoms with E-state index in [1.165, 1.54) is 12.8 Å². The molecule has 0 aromatic carbocycles. The Bertz CT molecular complexity index is 349. The van der Waals surface area contributed by atoms with Crippen LogP contribution in [0.2, 0.25) is 0 Å². The average Bonchev–Trinajstić information content (AvgIpc) is 2.59. The van der Waals surface area contributed by atoms with Crippen molar-refractivity contribution in [3.63, 3.8) is 0 Å². The zero-order valence-electron chi connectivity index (χ0n) is 9.48. The topological polar surface area (TPSA) is 16.1 Å². The first-order chi connectivity index (χ1) is 7.22. The molecule has 80 valence electrons. The lowest BCUT2D eigenvalue weighted by molar-refractivity contribution is 0.683. The molecule has 1 aliphatic rings. The molecule has 1 aromatic heterocycles. The van der Waals surface area contributed by atoms with Crippen molar-refractivity contribution < 1.29 is 0 Å². The molecule has 0 N–H and O–H groups in total. The van der Waals surface area contributed by atoms with Crippen molar-refractivity contribution in [1.82, 2.24) is 4.98 Å². The average molecular weight is 202 g/mol. The van der Waals surface area contributed by atoms with Gasteiger partial charge in [-0.3, -0.25) is 0 Å². The van der Waals surface area contributed by atoms with Crippen LogP contribution in [0, 0.1) is 0 Å². The molecule has 0 radical (unpaired) electrons. The Labute approximate surface area is 91.6 Å². The van der Waals surface area contributed by atoms with Gasteiger partial charge in [0.15, 0.2) is 0 Å². The van der Waals surface area contributed by atoms with Crippen molar-refractivity contribution in [3.05, 3.63) is 30.5 Å². The van der Waals surface area contributed by atoms with E-state index in [1.54, 1.807) is 6.08 Å². The Balaban J connectivity index is 2.31. The highest BCUT2D eigenvalue weighted by Gasteiger charge is 2.27. The summed E-state index contributed by atoms with van der Waals surface area (Å²) >= 11 is 0. The van der Waals surface area contributed by atoms with Gasteiger partial charge < -0.3 is 4.90 Å². The Morgan fingerprint density at radius 2 is 2.00 bits per heavy atom. The second kappa shape index (κ2) is 4.05. The van der Waals surface area contributed by atoms with Crippen LogP contribution in [-0.4, -0.2) is 17.1 Å². The molecule has 0 amide bonds. The molecule has 2 nitrogen and oxygen atoms in total. The monoisotopic (exact) mass is 202 g/mol. The molecule has 15 heavy (non-hydrogen) atoms. The molecule has 1 fully saturated rings. The normalized spacial score (nSPS) is 25.6. The van der Waals surface area contributed by atoms with Gasteiger partial charge in [-0.25, -0.2) is 4.98 Å². The molecule has 1 aliphatic heterocycles. The van der Waals surface area contributed by atoms with Crippen LogP contribution >= 0.6 is 0 Å². The number of rotatable bonds is 2. The molecule has 1 aromatic rings. The van der Waals surface area contributed by atoms with Crippen LogP contribution in [0.1, 0.15) is 32.4 Å². The Kier molecular flexibility index (Phi) is 2.76. The molecule has 2 atom stereocenters. The lowest BCUT2D eigenvalue weighted by Gasteiger charge is -2.27. The summed E-state index contributed by atoms with van der Waals surface area (Å²) in [5, 5.41) is 0. The zero-order chi connectivity index (χ0) is 10.8. The standard InChI is InChI=1S/C13H18N2/c1-4-12-6-5-7-13(14-12)15-10(2)8-9-11(15)3/h4-7,10-11H,1,8-9H2,2-3H3. The maximum atomic E-state index is 4.58. The fourth-order valence-electron chi connectivity index (χ4n) is 2.34. The van der Waals surface area contributed by atoms with E-state index in [1.807, 2.05) is 6.07 Å². The minimum Gasteiger partial charge on any atom is -0.351 e. The summed E-state index contributed by atoms with van der Waals surface area (Å²) in [5.74, 6) is 1.09. The predicted octanol–water partition coefficient (Wildman–Crippen LogP) is 3.10. The van der Waals surface area contributed by atoms with Gasteiger partial charge in [0.1, 0.15) is 5.82 Å². The summed E-state index contributed by atoms with van der Waals surface area (Å²) in [6.07, 6.45) is 4.33. The highest BCUT2D eigenvalue weighted by atomic mass is 15.2. The van der Waals surface area contributed by atoms with Crippen LogP contribution in [0.4, 0.5) is 5.82 Å². The molecule has 2 heteroatoms. The molecule has 0 spiro atoms. The number of nitrogens with zero attached hydrogens (tertiary/aromatic N) is 2. The van der Waals surface area contributed by atoms with E-state index in [2.05, 4.69) is 42.4 Å². The Hall–Kier alpha value is -1.31. The van der Waals surface area contributed by atoms with Crippen molar-refractivity contribution in [2.75, 3.05) is 4.90 Å². The number of hydrogen-bond donors (Lipinski definition) is 0. The zero-order valence-corrected chi connectivity index (χ0v) is 9.48. The van der Waals surface area contributed by atoms with Crippen molar-refractivity contribution >= 4 is 11.9 Å². The number of hydrogen-bond acceptors (Lipinski definition) is 2. The van der Waals surface area contributed by atoms with E-state index in [9.17, 15) is 0 Å². The van der Waals surface area contributed by atoms with E-state index >= 15 is 0 Å². The summed E-state index contributed by atoms with van der Waals surface area (Å²) in [6, 6.07) is 7.34. The van der Waals surface area contributed by atoms with Crippen LogP contribution < -0.4 is 4.90 Å². The summed E-state index contributed by atoms with van der Waals surface area (Å²) in [6.45, 7) is 8.29. The Morgan fingerprint density at radius 1 is 1.33 bits per heavy atom. The lowest BCUT2D eigenvalue weighted by atomic mass is 10.2. The quantitative estimate of drug-likeness (QED) is 0.732. The largest absolute Gasteiger partial charge is 0.351 e. The second-order valence-electron chi connectivity index (χ2n) is 4.31. The van der Waals surface area contributed by atoms with Crippen LogP contribution in [0.3, 0.4) is 0 Å². The van der Waals surface area contributed by atoms with Crippen LogP contribution in [0.15, 0.2) is 24.8 Å². The van der Waals surface area contributed by atoms with E-state index in [4.69, 9.17) is 0 Å². The number of pyridine rings is 1. The lowest BCUT2D eigenvalue weighted by Crippen LogP contribution is -2.33. The minimum atomic E-state index is 0.604. The summed E-state index contributed by atoms with van der Waals surface area (Å²) < 4.78 is 0. The first-order valence-electron chi connectivity index (χ1n) is 5.60. The molecule has 0 aliphatic carbocycles. The van der Waals surface area contributed by atoms with Crippen molar-refractivity contribution in [1.29, 1.82) is 0 Å². The van der Waals surface area contributed by atoms with Crippen LogP contribution in [0.5, 0.6) is 0 Å². The SMILES string of the molecule is C=Cc1cccc(N2C(C)CCC2C)n1. The van der Waals surface area contributed by atoms with Gasteiger partial charge in [0.2, 0.25) is 0 Å². The van der Waals surface area contributed by atoms with Gasteiger partial charge in [0.25, 0.3) is 0 Å². The molecular weight excluding hydrogens is 184 g/mol. The van der Waals surface area contributed by atoms with E-state index in [0.29, 0.717) is 12.1 Å². The maximum Gasteiger partial charge on any atom is 0.129 e. The van der Waals surface area contributed by atoms with Crippen molar-refractivity contribution in [3.8, 4) is 0 Å². The van der Waals surface area contributed by atoms with E-state index in [0.717, 1.165) is 11.5 Å². The third kappa shape index (κ3) is 1.89. The second-order valence-corrected chi connectivity index (χ2v) is 4.31. The Morgan fingerprint density at radius 3 is 2.60 bits per heavy atom. The smallest absolute Gasteiger partial charge is 0.129 e. The number of anilines is 1. The summed E-state index contributed by atoms with van der Waals surface area (Å²) in [5.41, 5.74) is 0.957. The van der Waals surface area contributed by atoms with Crippen molar-refractivity contribution in [2.24, 2.45) is 0 Å². The predicted molar refractivity (Wildman–Crippen MR) is 65.0 cm³/mol. The van der Waals surface area contributed by atoms with Gasteiger partial charge in [-0.2, -0.15) is 0 Å². The molecule has 2 unspecified atom stereocenters. The third-order valence-corrected chi connectivity index (χ3v) is 3.18. The molecule has 0 saturated carbocycles. The van der Waals surface area contributed by atoms with Crippen LogP contribution in [0.25, 0.3) is 6.08 Å². The summed E-state index contributed by atoms with van der Waals surface area (Å²) in [4.78, 5) is 6.99. The van der Waals surface area contributed by atoms with Gasteiger partial charge in [0, 0.05) is 12.1 Å². The van der Waals surface area contributed by atoms with Gasteiger partial charge in [-0.1, -0.05) is 12.6 Å². The summed E-state index contributed by atoms with van der Waals surface area (Å²) in [7, 11) is 0. The highest BCUT2D eigenvalue weighted by molar-refractivity contribution is 5.49.